The van der Waals surface area contributed by atoms with Crippen LogP contribution in [-0.2, 0) is 6.54 Å². The lowest BCUT2D eigenvalue weighted by Gasteiger charge is -2.04. The average Bonchev–Trinajstić information content (AvgIpc) is 3.29. The monoisotopic (exact) mass is 317 g/mol. The van der Waals surface area contributed by atoms with Crippen molar-refractivity contribution >= 4 is 16.9 Å². The molecule has 2 heterocycles. The molecule has 4 aromatic rings. The predicted octanol–water partition coefficient (Wildman–Crippen LogP) is 3.75. The molecule has 4 rings (SSSR count). The summed E-state index contributed by atoms with van der Waals surface area (Å²) < 4.78 is 4.91. The summed E-state index contributed by atoms with van der Waals surface area (Å²) in [5.41, 5.74) is 4.52. The van der Waals surface area contributed by atoms with Gasteiger partial charge in [0.2, 0.25) is 0 Å². The summed E-state index contributed by atoms with van der Waals surface area (Å²) in [7, 11) is 0. The Bertz CT molecular complexity index is 936. The highest BCUT2D eigenvalue weighted by Gasteiger charge is 2.07. The van der Waals surface area contributed by atoms with E-state index < -0.39 is 0 Å². The SMILES string of the molecule is O=C(NCc1ccc(-c2nc3ccccc3[nH]2)cc1)c1ccoc1. The Hall–Kier alpha value is -3.34. The van der Waals surface area contributed by atoms with Crippen LogP contribution in [0, 0.1) is 0 Å². The molecule has 0 aliphatic heterocycles. The minimum absolute atomic E-state index is 0.148. The lowest BCUT2D eigenvalue weighted by molar-refractivity contribution is 0.0950. The second-order valence-electron chi connectivity index (χ2n) is 5.49. The molecule has 0 radical (unpaired) electrons. The number of amides is 1. The molecule has 0 saturated carbocycles. The van der Waals surface area contributed by atoms with Gasteiger partial charge in [0.05, 0.1) is 22.9 Å². The van der Waals surface area contributed by atoms with Gasteiger partial charge in [-0.25, -0.2) is 4.98 Å². The summed E-state index contributed by atoms with van der Waals surface area (Å²) >= 11 is 0. The summed E-state index contributed by atoms with van der Waals surface area (Å²) in [6.45, 7) is 0.463. The standard InChI is InChI=1S/C19H15N3O2/c23-19(15-9-10-24-12-15)20-11-13-5-7-14(8-6-13)18-21-16-3-1-2-4-17(16)22-18/h1-10,12H,11H2,(H,20,23)(H,21,22). The molecule has 5 heteroatoms. The molecule has 1 amide bonds. The van der Waals surface area contributed by atoms with Crippen molar-refractivity contribution in [1.82, 2.24) is 15.3 Å². The van der Waals surface area contributed by atoms with Crippen molar-refractivity contribution < 1.29 is 9.21 Å². The third-order valence-corrected chi connectivity index (χ3v) is 3.85. The highest BCUT2D eigenvalue weighted by atomic mass is 16.3. The molecular weight excluding hydrogens is 302 g/mol. The summed E-state index contributed by atoms with van der Waals surface area (Å²) in [5, 5.41) is 2.86. The number of benzene rings is 2. The number of aromatic amines is 1. The summed E-state index contributed by atoms with van der Waals surface area (Å²) in [6, 6.07) is 17.5. The van der Waals surface area contributed by atoms with E-state index in [1.54, 1.807) is 6.07 Å². The third kappa shape index (κ3) is 2.79. The number of hydrogen-bond donors (Lipinski definition) is 2. The molecule has 2 N–H and O–H groups in total. The number of imidazole rings is 1. The largest absolute Gasteiger partial charge is 0.472 e. The first-order valence-electron chi connectivity index (χ1n) is 7.64. The van der Waals surface area contributed by atoms with E-state index in [4.69, 9.17) is 4.42 Å². The van der Waals surface area contributed by atoms with Gasteiger partial charge >= 0.3 is 0 Å². The average molecular weight is 317 g/mol. The highest BCUT2D eigenvalue weighted by molar-refractivity contribution is 5.93. The molecule has 118 valence electrons. The van der Waals surface area contributed by atoms with E-state index in [1.807, 2.05) is 48.5 Å². The molecule has 0 bridgehead atoms. The zero-order valence-corrected chi connectivity index (χ0v) is 12.8. The lowest BCUT2D eigenvalue weighted by Crippen LogP contribution is -2.22. The van der Waals surface area contributed by atoms with E-state index in [-0.39, 0.29) is 5.91 Å². The zero-order valence-electron chi connectivity index (χ0n) is 12.8. The fourth-order valence-electron chi connectivity index (χ4n) is 2.55. The van der Waals surface area contributed by atoms with E-state index in [1.165, 1.54) is 12.5 Å². The van der Waals surface area contributed by atoms with Crippen molar-refractivity contribution in [2.24, 2.45) is 0 Å². The number of rotatable bonds is 4. The van der Waals surface area contributed by atoms with Crippen LogP contribution in [0.3, 0.4) is 0 Å². The molecule has 5 nitrogen and oxygen atoms in total. The first-order chi connectivity index (χ1) is 11.8. The van der Waals surface area contributed by atoms with E-state index in [9.17, 15) is 4.79 Å². The van der Waals surface area contributed by atoms with Crippen LogP contribution in [0.2, 0.25) is 0 Å². The van der Waals surface area contributed by atoms with Gasteiger partial charge in [-0.3, -0.25) is 4.79 Å². The number of fused-ring (bicyclic) bond motifs is 1. The summed E-state index contributed by atoms with van der Waals surface area (Å²) in [6.07, 6.45) is 2.91. The minimum Gasteiger partial charge on any atom is -0.472 e. The number of carbonyl (C=O) groups excluding carboxylic acids is 1. The number of hydrogen-bond acceptors (Lipinski definition) is 3. The van der Waals surface area contributed by atoms with Gasteiger partial charge in [0, 0.05) is 12.1 Å². The Labute approximate surface area is 138 Å². The van der Waals surface area contributed by atoms with Crippen molar-refractivity contribution in [3.8, 4) is 11.4 Å². The maximum atomic E-state index is 11.9. The molecule has 0 aliphatic carbocycles. The van der Waals surface area contributed by atoms with Crippen molar-refractivity contribution in [3.63, 3.8) is 0 Å². The first kappa shape index (κ1) is 14.3. The van der Waals surface area contributed by atoms with Crippen molar-refractivity contribution in [1.29, 1.82) is 0 Å². The number of H-pyrrole nitrogens is 1. The Morgan fingerprint density at radius 1 is 1.08 bits per heavy atom. The smallest absolute Gasteiger partial charge is 0.254 e. The molecular formula is C19H15N3O2. The third-order valence-electron chi connectivity index (χ3n) is 3.85. The van der Waals surface area contributed by atoms with Crippen LogP contribution in [-0.4, -0.2) is 15.9 Å². The fraction of sp³-hybridized carbons (Fsp3) is 0.0526. The summed E-state index contributed by atoms with van der Waals surface area (Å²) in [4.78, 5) is 19.8. The van der Waals surface area contributed by atoms with Crippen LogP contribution in [0.5, 0.6) is 0 Å². The van der Waals surface area contributed by atoms with Gasteiger partial charge in [-0.2, -0.15) is 0 Å². The second kappa shape index (κ2) is 6.04. The maximum Gasteiger partial charge on any atom is 0.254 e. The number of para-hydroxylation sites is 2. The number of aromatic nitrogens is 2. The van der Waals surface area contributed by atoms with Crippen LogP contribution in [0.25, 0.3) is 22.4 Å². The first-order valence-corrected chi connectivity index (χ1v) is 7.64. The van der Waals surface area contributed by atoms with Gasteiger partial charge in [0.15, 0.2) is 0 Å². The van der Waals surface area contributed by atoms with Crippen molar-refractivity contribution in [2.75, 3.05) is 0 Å². The van der Waals surface area contributed by atoms with Crippen LogP contribution >= 0.6 is 0 Å². The molecule has 0 aliphatic rings. The van der Waals surface area contributed by atoms with Gasteiger partial charge in [-0.15, -0.1) is 0 Å². The number of nitrogens with zero attached hydrogens (tertiary/aromatic N) is 1. The van der Waals surface area contributed by atoms with Gasteiger partial charge in [0.1, 0.15) is 12.1 Å². The molecule has 0 spiro atoms. The van der Waals surface area contributed by atoms with E-state index in [0.717, 1.165) is 28.0 Å². The highest BCUT2D eigenvalue weighted by Crippen LogP contribution is 2.20. The van der Waals surface area contributed by atoms with E-state index >= 15 is 0 Å². The molecule has 0 atom stereocenters. The topological polar surface area (TPSA) is 70.9 Å². The molecule has 0 unspecified atom stereocenters. The van der Waals surface area contributed by atoms with Crippen molar-refractivity contribution in [3.05, 3.63) is 78.3 Å². The van der Waals surface area contributed by atoms with Crippen LogP contribution in [0.15, 0.2) is 71.5 Å². The Balaban J connectivity index is 1.47. The maximum absolute atomic E-state index is 11.9. The van der Waals surface area contributed by atoms with Crippen LogP contribution < -0.4 is 5.32 Å². The molecule has 24 heavy (non-hydrogen) atoms. The zero-order chi connectivity index (χ0) is 16.4. The fourth-order valence-corrected chi connectivity index (χ4v) is 2.55. The normalized spacial score (nSPS) is 10.8. The molecule has 0 fully saturated rings. The van der Waals surface area contributed by atoms with Crippen LogP contribution in [0.4, 0.5) is 0 Å². The Kier molecular flexibility index (Phi) is 3.59. The van der Waals surface area contributed by atoms with Crippen molar-refractivity contribution in [2.45, 2.75) is 6.54 Å². The Morgan fingerprint density at radius 3 is 2.67 bits per heavy atom. The number of nitrogens with one attached hydrogen (secondary N) is 2. The number of furan rings is 1. The van der Waals surface area contributed by atoms with Gasteiger partial charge in [-0.05, 0) is 23.8 Å². The summed E-state index contributed by atoms with van der Waals surface area (Å²) in [5.74, 6) is 0.690. The van der Waals surface area contributed by atoms with Gasteiger partial charge in [0.25, 0.3) is 5.91 Å². The van der Waals surface area contributed by atoms with Gasteiger partial charge in [-0.1, -0.05) is 36.4 Å². The van der Waals surface area contributed by atoms with E-state index in [0.29, 0.717) is 12.1 Å². The lowest BCUT2D eigenvalue weighted by atomic mass is 10.1. The van der Waals surface area contributed by atoms with Gasteiger partial charge < -0.3 is 14.7 Å². The Morgan fingerprint density at radius 2 is 1.92 bits per heavy atom. The number of carbonyl (C=O) groups is 1. The minimum atomic E-state index is -0.148. The molecule has 0 saturated heterocycles. The quantitative estimate of drug-likeness (QED) is 0.602. The second-order valence-corrected chi connectivity index (χ2v) is 5.49. The van der Waals surface area contributed by atoms with Crippen LogP contribution in [0.1, 0.15) is 15.9 Å². The molecule has 2 aromatic carbocycles. The molecule has 2 aromatic heterocycles. The van der Waals surface area contributed by atoms with E-state index in [2.05, 4.69) is 15.3 Å². The predicted molar refractivity (Wildman–Crippen MR) is 91.4 cm³/mol.